The summed E-state index contributed by atoms with van der Waals surface area (Å²) < 4.78 is 81.2. The Morgan fingerprint density at radius 1 is 1.18 bits per heavy atom. The highest BCUT2D eigenvalue weighted by Crippen LogP contribution is 2.30. The van der Waals surface area contributed by atoms with Gasteiger partial charge in [-0.1, -0.05) is 23.7 Å². The van der Waals surface area contributed by atoms with E-state index in [1.807, 2.05) is 0 Å². The molecule has 1 fully saturated rings. The van der Waals surface area contributed by atoms with Crippen molar-refractivity contribution in [1.29, 1.82) is 0 Å². The van der Waals surface area contributed by atoms with Crippen molar-refractivity contribution in [2.24, 2.45) is 4.99 Å². The van der Waals surface area contributed by atoms with Crippen molar-refractivity contribution in [3.8, 4) is 5.69 Å². The zero-order chi connectivity index (χ0) is 27.7. The van der Waals surface area contributed by atoms with Crippen molar-refractivity contribution >= 4 is 33.7 Å². The molecule has 0 bridgehead atoms. The molecule has 8 nitrogen and oxygen atoms in total. The van der Waals surface area contributed by atoms with Crippen LogP contribution >= 0.6 is 11.6 Å². The van der Waals surface area contributed by atoms with E-state index in [9.17, 15) is 30.8 Å². The van der Waals surface area contributed by atoms with Crippen LogP contribution in [0.15, 0.2) is 64.6 Å². The third-order valence-electron chi connectivity index (χ3n) is 5.92. The van der Waals surface area contributed by atoms with Crippen LogP contribution in [0.4, 0.5) is 17.6 Å². The number of nitrogens with zero attached hydrogens (tertiary/aromatic N) is 4. The lowest BCUT2D eigenvalue weighted by Gasteiger charge is -2.23. The maximum Gasteiger partial charge on any atom is 0.416 e. The van der Waals surface area contributed by atoms with Crippen LogP contribution in [0.5, 0.6) is 0 Å². The molecule has 2 aromatic carbocycles. The highest BCUT2D eigenvalue weighted by Gasteiger charge is 2.44. The van der Waals surface area contributed by atoms with Crippen LogP contribution in [0.3, 0.4) is 0 Å². The maximum atomic E-state index is 14.3. The van der Waals surface area contributed by atoms with Crippen molar-refractivity contribution in [3.05, 3.63) is 76.6 Å². The second kappa shape index (κ2) is 10.8. The van der Waals surface area contributed by atoms with Gasteiger partial charge < -0.3 is 5.32 Å². The van der Waals surface area contributed by atoms with Crippen molar-refractivity contribution < 1.29 is 30.8 Å². The normalized spacial score (nSPS) is 18.8. The van der Waals surface area contributed by atoms with Gasteiger partial charge in [-0.25, -0.2) is 17.5 Å². The number of amides is 1. The largest absolute Gasteiger partial charge is 0.416 e. The quantitative estimate of drug-likeness (QED) is 0.342. The average Bonchev–Trinajstić information content (AvgIpc) is 3.45. The number of hydrogen-bond donors (Lipinski definition) is 1. The molecular weight excluding hydrogens is 550 g/mol. The lowest BCUT2D eigenvalue weighted by Crippen LogP contribution is -2.45. The van der Waals surface area contributed by atoms with E-state index in [4.69, 9.17) is 11.6 Å². The molecule has 2 atom stereocenters. The van der Waals surface area contributed by atoms with Crippen LogP contribution < -0.4 is 5.32 Å². The molecule has 1 aromatic heterocycles. The summed E-state index contributed by atoms with van der Waals surface area (Å²) in [6, 6.07) is 8.79. The summed E-state index contributed by atoms with van der Waals surface area (Å²) >= 11 is 6.14. The molecule has 0 aliphatic carbocycles. The van der Waals surface area contributed by atoms with E-state index in [2.05, 4.69) is 15.4 Å². The predicted octanol–water partition coefficient (Wildman–Crippen LogP) is 4.01. The summed E-state index contributed by atoms with van der Waals surface area (Å²) in [4.78, 5) is 16.7. The van der Waals surface area contributed by atoms with Crippen LogP contribution in [0.1, 0.15) is 23.1 Å². The molecular formula is C24H22ClF4N5O3S. The van der Waals surface area contributed by atoms with Crippen LogP contribution in [0, 0.1) is 0 Å². The van der Waals surface area contributed by atoms with E-state index in [1.165, 1.54) is 35.1 Å². The molecule has 38 heavy (non-hydrogen) atoms. The zero-order valence-electron chi connectivity index (χ0n) is 19.9. The van der Waals surface area contributed by atoms with E-state index in [0.29, 0.717) is 16.8 Å². The summed E-state index contributed by atoms with van der Waals surface area (Å²) in [6.45, 7) is -0.629. The lowest BCUT2D eigenvalue weighted by atomic mass is 10.2. The van der Waals surface area contributed by atoms with Crippen LogP contribution in [-0.2, 0) is 27.5 Å². The van der Waals surface area contributed by atoms with Gasteiger partial charge in [0.25, 0.3) is 0 Å². The third kappa shape index (κ3) is 5.89. The second-order valence-corrected chi connectivity index (χ2v) is 10.8. The number of carbonyl (C=O) groups excluding carboxylic acids is 1. The van der Waals surface area contributed by atoms with Crippen LogP contribution in [0.25, 0.3) is 5.69 Å². The van der Waals surface area contributed by atoms with Gasteiger partial charge in [-0.15, -0.1) is 0 Å². The summed E-state index contributed by atoms with van der Waals surface area (Å²) in [6.07, 6.45) is -3.36. The van der Waals surface area contributed by atoms with E-state index in [1.54, 1.807) is 25.4 Å². The molecule has 3 aromatic rings. The Balaban J connectivity index is 1.47. The number of hydrogen-bond acceptors (Lipinski definition) is 5. The van der Waals surface area contributed by atoms with Crippen molar-refractivity contribution in [1.82, 2.24) is 19.4 Å². The molecule has 1 aliphatic rings. The highest BCUT2D eigenvalue weighted by atomic mass is 35.5. The molecule has 1 amide bonds. The minimum Gasteiger partial charge on any atom is -0.350 e. The summed E-state index contributed by atoms with van der Waals surface area (Å²) in [5, 5.41) is 6.59. The smallest absolute Gasteiger partial charge is 0.350 e. The molecule has 0 radical (unpaired) electrons. The van der Waals surface area contributed by atoms with E-state index in [0.717, 1.165) is 16.4 Å². The Labute approximate surface area is 221 Å². The van der Waals surface area contributed by atoms with Gasteiger partial charge in [0.15, 0.2) is 5.15 Å². The Morgan fingerprint density at radius 2 is 1.84 bits per heavy atom. The van der Waals surface area contributed by atoms with Gasteiger partial charge >= 0.3 is 6.18 Å². The summed E-state index contributed by atoms with van der Waals surface area (Å²) in [5.74, 6) is -0.721. The molecule has 14 heteroatoms. The molecule has 1 aliphatic heterocycles. The van der Waals surface area contributed by atoms with Gasteiger partial charge in [0.2, 0.25) is 15.9 Å². The molecule has 0 spiro atoms. The van der Waals surface area contributed by atoms with E-state index >= 15 is 0 Å². The Hall–Kier alpha value is -3.29. The minimum atomic E-state index is -4.48. The number of nitrogens with one attached hydrogen (secondary N) is 1. The highest BCUT2D eigenvalue weighted by molar-refractivity contribution is 7.89. The molecule has 2 heterocycles. The van der Waals surface area contributed by atoms with E-state index in [-0.39, 0.29) is 23.0 Å². The fourth-order valence-corrected chi connectivity index (χ4v) is 5.84. The molecule has 202 valence electrons. The monoisotopic (exact) mass is 571 g/mol. The number of aromatic nitrogens is 2. The Bertz CT molecular complexity index is 1440. The fraction of sp³-hybridized carbons (Fsp3) is 0.292. The van der Waals surface area contributed by atoms with Gasteiger partial charge in [-0.05, 0) is 42.0 Å². The molecule has 1 N–H and O–H groups in total. The first-order valence-corrected chi connectivity index (χ1v) is 13.1. The predicted molar refractivity (Wildman–Crippen MR) is 133 cm³/mol. The number of aliphatic imine (C=N–C) groups is 1. The SMILES string of the molecule is CN=Cc1ccc(S(=O)(=O)N2C[C@H](F)C[C@H]2C(=O)NCc2cn(-c3ccc(C(F)(F)F)cc3)nc2Cl)cc1. The molecule has 0 unspecified atom stereocenters. The maximum absolute atomic E-state index is 14.3. The average molecular weight is 572 g/mol. The lowest BCUT2D eigenvalue weighted by molar-refractivity contribution is -0.137. The van der Waals surface area contributed by atoms with Gasteiger partial charge in [-0.3, -0.25) is 9.79 Å². The third-order valence-corrected chi connectivity index (χ3v) is 8.13. The summed E-state index contributed by atoms with van der Waals surface area (Å²) in [7, 11) is -2.59. The van der Waals surface area contributed by atoms with E-state index < -0.39 is 46.4 Å². The minimum absolute atomic E-state index is 0.0137. The first-order valence-electron chi connectivity index (χ1n) is 11.3. The molecule has 0 saturated carbocycles. The Morgan fingerprint density at radius 3 is 2.45 bits per heavy atom. The molecule has 1 saturated heterocycles. The number of rotatable bonds is 7. The number of sulfonamides is 1. The first-order chi connectivity index (χ1) is 17.9. The Kier molecular flexibility index (Phi) is 7.90. The number of benzene rings is 2. The van der Waals surface area contributed by atoms with Crippen LogP contribution in [-0.4, -0.2) is 60.4 Å². The zero-order valence-corrected chi connectivity index (χ0v) is 21.4. The van der Waals surface area contributed by atoms with Crippen molar-refractivity contribution in [2.45, 2.75) is 36.3 Å². The second-order valence-electron chi connectivity index (χ2n) is 8.53. The van der Waals surface area contributed by atoms with Gasteiger partial charge in [-0.2, -0.15) is 22.6 Å². The standard InChI is InChI=1S/C24H22ClF4N5O3S/c1-30-11-15-2-8-20(9-3-15)38(36,37)34-14-18(26)10-21(34)23(35)31-12-16-13-33(32-22(16)25)19-6-4-17(5-7-19)24(27,28)29/h2-9,11,13,18,21H,10,12,14H2,1H3,(H,31,35)/t18-,21+/m1/s1. The van der Waals surface area contributed by atoms with Gasteiger partial charge in [0.05, 0.1) is 16.1 Å². The van der Waals surface area contributed by atoms with Gasteiger partial charge in [0, 0.05) is 44.5 Å². The topological polar surface area (TPSA) is 96.7 Å². The fourth-order valence-electron chi connectivity index (χ4n) is 4.01. The summed E-state index contributed by atoms with van der Waals surface area (Å²) in [5.41, 5.74) is 0.499. The number of carbonyl (C=O) groups is 1. The van der Waals surface area contributed by atoms with Crippen molar-refractivity contribution in [3.63, 3.8) is 0 Å². The number of alkyl halides is 4. The molecule has 4 rings (SSSR count). The van der Waals surface area contributed by atoms with Crippen LogP contribution in [0.2, 0.25) is 5.15 Å². The van der Waals surface area contributed by atoms with Crippen molar-refractivity contribution in [2.75, 3.05) is 13.6 Å². The first kappa shape index (κ1) is 27.7. The number of halogens is 5. The van der Waals surface area contributed by atoms with Gasteiger partial charge in [0.1, 0.15) is 12.2 Å².